The molecule has 0 aromatic rings. The summed E-state index contributed by atoms with van der Waals surface area (Å²) in [6.45, 7) is 4.29. The Labute approximate surface area is 66.5 Å². The molecule has 0 aromatic carbocycles. The molecular weight excluding hydrogens is 176 g/mol. The first-order valence-corrected chi connectivity index (χ1v) is 4.41. The third-order valence-electron chi connectivity index (χ3n) is 1.33. The summed E-state index contributed by atoms with van der Waals surface area (Å²) in [4.78, 5) is 0. The van der Waals surface area contributed by atoms with Crippen LogP contribution in [0.4, 0.5) is 0 Å². The van der Waals surface area contributed by atoms with E-state index in [0.717, 1.165) is 0 Å². The molecule has 1 heteroatoms. The fourth-order valence-electron chi connectivity index (χ4n) is 0.688. The lowest BCUT2D eigenvalue weighted by atomic mass is 10.2. The van der Waals surface area contributed by atoms with Crippen LogP contribution in [0.1, 0.15) is 39.5 Å². The lowest BCUT2D eigenvalue weighted by Gasteiger charge is -1.95. The Morgan fingerprint density at radius 2 is 2.11 bits per heavy atom. The van der Waals surface area contributed by atoms with Crippen LogP contribution in [0.5, 0.6) is 0 Å². The molecule has 0 fully saturated rings. The Bertz CT molecular complexity index is 84.6. The van der Waals surface area contributed by atoms with E-state index >= 15 is 0 Å². The molecule has 0 aromatic heterocycles. The van der Waals surface area contributed by atoms with E-state index in [4.69, 9.17) is 0 Å². The topological polar surface area (TPSA) is 0 Å². The molecule has 0 aliphatic carbocycles. The quantitative estimate of drug-likeness (QED) is 0.591. The second kappa shape index (κ2) is 6.34. The zero-order valence-electron chi connectivity index (χ0n) is 6.28. The summed E-state index contributed by atoms with van der Waals surface area (Å²) in [6.07, 6.45) is 7.31. The molecule has 0 nitrogen and oxygen atoms in total. The molecule has 54 valence electrons. The van der Waals surface area contributed by atoms with Crippen molar-refractivity contribution in [2.45, 2.75) is 39.5 Å². The van der Waals surface area contributed by atoms with Gasteiger partial charge in [0, 0.05) is 0 Å². The predicted molar refractivity (Wildman–Crippen MR) is 46.8 cm³/mol. The molecule has 0 bridgehead atoms. The first-order valence-electron chi connectivity index (χ1n) is 3.62. The van der Waals surface area contributed by atoms with Crippen molar-refractivity contribution in [1.29, 1.82) is 0 Å². The molecule has 0 unspecified atom stereocenters. The summed E-state index contributed by atoms with van der Waals surface area (Å²) in [7, 11) is 0. The Morgan fingerprint density at radius 3 is 2.56 bits per heavy atom. The molecule has 0 aliphatic heterocycles. The summed E-state index contributed by atoms with van der Waals surface area (Å²) in [5.74, 6) is 0. The van der Waals surface area contributed by atoms with Gasteiger partial charge in [0.15, 0.2) is 0 Å². The van der Waals surface area contributed by atoms with Crippen LogP contribution in [0.15, 0.2) is 10.6 Å². The molecule has 0 amide bonds. The van der Waals surface area contributed by atoms with Gasteiger partial charge in [0.2, 0.25) is 0 Å². The lowest BCUT2D eigenvalue weighted by molar-refractivity contribution is 0.726. The van der Waals surface area contributed by atoms with Gasteiger partial charge in [-0.3, -0.25) is 0 Å². The first-order chi connectivity index (χ1) is 4.31. The van der Waals surface area contributed by atoms with Gasteiger partial charge >= 0.3 is 0 Å². The van der Waals surface area contributed by atoms with Crippen molar-refractivity contribution in [3.8, 4) is 0 Å². The van der Waals surface area contributed by atoms with Crippen molar-refractivity contribution >= 4 is 15.9 Å². The van der Waals surface area contributed by atoms with Crippen LogP contribution >= 0.6 is 15.9 Å². The minimum atomic E-state index is 1.21. The van der Waals surface area contributed by atoms with Crippen molar-refractivity contribution in [2.24, 2.45) is 0 Å². The van der Waals surface area contributed by atoms with E-state index < -0.39 is 0 Å². The Kier molecular flexibility index (Phi) is 6.50. The average Bonchev–Trinajstić information content (AvgIpc) is 1.89. The second-order valence-electron chi connectivity index (χ2n) is 2.19. The zero-order valence-corrected chi connectivity index (χ0v) is 7.87. The summed E-state index contributed by atoms with van der Waals surface area (Å²) < 4.78 is 1.34. The highest BCUT2D eigenvalue weighted by Gasteiger charge is 1.88. The van der Waals surface area contributed by atoms with Gasteiger partial charge in [-0.1, -0.05) is 41.8 Å². The maximum atomic E-state index is 3.47. The number of allylic oxidation sites excluding steroid dienone is 2. The first kappa shape index (κ1) is 9.22. The zero-order chi connectivity index (χ0) is 7.11. The van der Waals surface area contributed by atoms with E-state index in [1.807, 2.05) is 0 Å². The standard InChI is InChI=1S/C8H15Br/c1-3-5-6-7-8(9)4-2/h4H,3,5-7H2,1-2H3. The van der Waals surface area contributed by atoms with Crippen molar-refractivity contribution in [2.75, 3.05) is 0 Å². The van der Waals surface area contributed by atoms with E-state index in [9.17, 15) is 0 Å². The van der Waals surface area contributed by atoms with Crippen molar-refractivity contribution < 1.29 is 0 Å². The van der Waals surface area contributed by atoms with Gasteiger partial charge in [0.25, 0.3) is 0 Å². The van der Waals surface area contributed by atoms with Crippen LogP contribution in [0.3, 0.4) is 0 Å². The molecule has 9 heavy (non-hydrogen) atoms. The molecule has 0 atom stereocenters. The summed E-state index contributed by atoms with van der Waals surface area (Å²) >= 11 is 3.47. The van der Waals surface area contributed by atoms with Gasteiger partial charge in [-0.15, -0.1) is 0 Å². The normalized spacial score (nSPS) is 12.1. The van der Waals surface area contributed by atoms with Gasteiger partial charge in [-0.05, 0) is 24.2 Å². The van der Waals surface area contributed by atoms with E-state index in [0.29, 0.717) is 0 Å². The molecule has 0 saturated carbocycles. The third-order valence-corrected chi connectivity index (χ3v) is 2.19. The molecule has 0 radical (unpaired) electrons. The van der Waals surface area contributed by atoms with Crippen LogP contribution in [-0.2, 0) is 0 Å². The van der Waals surface area contributed by atoms with Gasteiger partial charge in [0.05, 0.1) is 0 Å². The smallest absolute Gasteiger partial charge is 0.00920 e. The molecule has 0 saturated heterocycles. The van der Waals surface area contributed by atoms with Crippen LogP contribution in [0, 0.1) is 0 Å². The monoisotopic (exact) mass is 190 g/mol. The highest BCUT2D eigenvalue weighted by Crippen LogP contribution is 2.13. The fourth-order valence-corrected chi connectivity index (χ4v) is 0.969. The van der Waals surface area contributed by atoms with Crippen LogP contribution in [-0.4, -0.2) is 0 Å². The molecular formula is C8H15Br. The lowest BCUT2D eigenvalue weighted by Crippen LogP contribution is -1.73. The summed E-state index contributed by atoms with van der Waals surface area (Å²) in [5.41, 5.74) is 0. The van der Waals surface area contributed by atoms with E-state index in [1.54, 1.807) is 0 Å². The average molecular weight is 191 g/mol. The highest BCUT2D eigenvalue weighted by molar-refractivity contribution is 9.11. The van der Waals surface area contributed by atoms with Crippen molar-refractivity contribution in [3.05, 3.63) is 10.6 Å². The number of hydrogen-bond donors (Lipinski definition) is 0. The van der Waals surface area contributed by atoms with Gasteiger partial charge in [-0.25, -0.2) is 0 Å². The Hall–Kier alpha value is 0.220. The Morgan fingerprint density at radius 1 is 1.44 bits per heavy atom. The Balaban J connectivity index is 3.07. The van der Waals surface area contributed by atoms with Crippen LogP contribution in [0.25, 0.3) is 0 Å². The molecule has 0 spiro atoms. The van der Waals surface area contributed by atoms with Gasteiger partial charge < -0.3 is 0 Å². The molecule has 0 N–H and O–H groups in total. The number of hydrogen-bond acceptors (Lipinski definition) is 0. The van der Waals surface area contributed by atoms with E-state index in [2.05, 4.69) is 35.9 Å². The maximum absolute atomic E-state index is 3.47. The highest BCUT2D eigenvalue weighted by atomic mass is 79.9. The van der Waals surface area contributed by atoms with E-state index in [1.165, 1.54) is 30.2 Å². The van der Waals surface area contributed by atoms with Crippen LogP contribution < -0.4 is 0 Å². The van der Waals surface area contributed by atoms with Gasteiger partial charge in [0.1, 0.15) is 0 Å². The largest absolute Gasteiger partial charge is 0.0775 e. The van der Waals surface area contributed by atoms with E-state index in [-0.39, 0.29) is 0 Å². The molecule has 0 aliphatic rings. The second-order valence-corrected chi connectivity index (χ2v) is 3.21. The molecule has 0 rings (SSSR count). The third kappa shape index (κ3) is 6.10. The molecule has 0 heterocycles. The minimum absolute atomic E-state index is 1.21. The summed E-state index contributed by atoms with van der Waals surface area (Å²) in [5, 5.41) is 0. The number of rotatable bonds is 4. The predicted octanol–water partition coefficient (Wildman–Crippen LogP) is 3.87. The number of unbranched alkanes of at least 4 members (excludes halogenated alkanes) is 2. The maximum Gasteiger partial charge on any atom is -0.00920 e. The minimum Gasteiger partial charge on any atom is -0.0775 e. The van der Waals surface area contributed by atoms with Crippen LogP contribution in [0.2, 0.25) is 0 Å². The van der Waals surface area contributed by atoms with Gasteiger partial charge in [-0.2, -0.15) is 0 Å². The summed E-state index contributed by atoms with van der Waals surface area (Å²) in [6, 6.07) is 0. The fraction of sp³-hybridized carbons (Fsp3) is 0.750. The SMILES string of the molecule is CC=C(Br)CCCCC. The van der Waals surface area contributed by atoms with Crippen molar-refractivity contribution in [3.63, 3.8) is 0 Å². The van der Waals surface area contributed by atoms with Crippen molar-refractivity contribution in [1.82, 2.24) is 0 Å². The number of halogens is 1.